The lowest BCUT2D eigenvalue weighted by atomic mass is 10.1. The van der Waals surface area contributed by atoms with Gasteiger partial charge in [-0.05, 0) is 30.2 Å². The molecule has 0 heterocycles. The molecule has 0 fully saturated rings. The van der Waals surface area contributed by atoms with Crippen LogP contribution in [0.1, 0.15) is 30.9 Å². The molecule has 0 bridgehead atoms. The Morgan fingerprint density at radius 3 is 2.44 bits per heavy atom. The van der Waals surface area contributed by atoms with Crippen LogP contribution in [0, 0.1) is 0 Å². The van der Waals surface area contributed by atoms with Crippen LogP contribution >= 0.6 is 0 Å². The smallest absolute Gasteiger partial charge is 0.374 e. The van der Waals surface area contributed by atoms with Gasteiger partial charge in [-0.25, -0.2) is 0 Å². The highest BCUT2D eigenvalue weighted by atomic mass is 19.4. The molecule has 0 amide bonds. The molecule has 102 valence electrons. The Bertz CT molecular complexity index is 388. The van der Waals surface area contributed by atoms with E-state index >= 15 is 0 Å². The van der Waals surface area contributed by atoms with Crippen molar-refractivity contribution in [1.29, 1.82) is 0 Å². The molecule has 0 aliphatic rings. The van der Waals surface area contributed by atoms with Crippen LogP contribution in [0.4, 0.5) is 18.9 Å². The lowest BCUT2D eigenvalue weighted by molar-refractivity contribution is -0.137. The van der Waals surface area contributed by atoms with Gasteiger partial charge in [0.25, 0.3) is 0 Å². The molecule has 0 aromatic heterocycles. The summed E-state index contributed by atoms with van der Waals surface area (Å²) in [6, 6.07) is 3.75. The second-order valence-electron chi connectivity index (χ2n) is 4.32. The highest BCUT2D eigenvalue weighted by Gasteiger charge is 2.31. The van der Waals surface area contributed by atoms with Crippen molar-refractivity contribution < 1.29 is 13.2 Å². The topological polar surface area (TPSA) is 29.3 Å². The van der Waals surface area contributed by atoms with Crippen LogP contribution in [0.2, 0.25) is 0 Å². The first-order chi connectivity index (χ1) is 8.40. The average Bonchev–Trinajstić information content (AvgIpc) is 2.34. The number of benzene rings is 1. The Morgan fingerprint density at radius 2 is 1.94 bits per heavy atom. The monoisotopic (exact) mass is 260 g/mol. The van der Waals surface area contributed by atoms with Crippen LogP contribution in [0.15, 0.2) is 18.2 Å². The summed E-state index contributed by atoms with van der Waals surface area (Å²) in [6.07, 6.45) is -2.27. The van der Waals surface area contributed by atoms with Crippen molar-refractivity contribution in [3.05, 3.63) is 29.3 Å². The van der Waals surface area contributed by atoms with Gasteiger partial charge >= 0.3 is 6.18 Å². The minimum atomic E-state index is -4.32. The first-order valence-corrected chi connectivity index (χ1v) is 6.01. The fraction of sp³-hybridized carbons (Fsp3) is 0.538. The molecule has 18 heavy (non-hydrogen) atoms. The second-order valence-corrected chi connectivity index (χ2v) is 4.32. The van der Waals surface area contributed by atoms with E-state index in [1.807, 2.05) is 11.9 Å². The Hall–Kier alpha value is -1.23. The molecular formula is C13H19F3N2. The van der Waals surface area contributed by atoms with Crippen LogP contribution < -0.4 is 10.6 Å². The quantitative estimate of drug-likeness (QED) is 0.879. The first-order valence-electron chi connectivity index (χ1n) is 6.01. The lowest BCUT2D eigenvalue weighted by Crippen LogP contribution is -2.21. The molecule has 0 radical (unpaired) electrons. The molecule has 2 N–H and O–H groups in total. The number of hydrogen-bond donors (Lipinski definition) is 1. The minimum Gasteiger partial charge on any atom is -0.374 e. The van der Waals surface area contributed by atoms with E-state index in [0.717, 1.165) is 37.2 Å². The maximum absolute atomic E-state index is 12.6. The molecule has 0 atom stereocenters. The summed E-state index contributed by atoms with van der Waals surface area (Å²) < 4.78 is 37.8. The lowest BCUT2D eigenvalue weighted by Gasteiger charge is -2.23. The molecule has 0 saturated carbocycles. The van der Waals surface area contributed by atoms with Gasteiger partial charge in [0.05, 0.1) is 5.56 Å². The predicted molar refractivity (Wildman–Crippen MR) is 67.5 cm³/mol. The summed E-state index contributed by atoms with van der Waals surface area (Å²) in [6.45, 7) is 3.00. The summed E-state index contributed by atoms with van der Waals surface area (Å²) in [5, 5.41) is 0. The zero-order valence-corrected chi connectivity index (χ0v) is 10.7. The standard InChI is InChI=1S/C13H19F3N2/c1-3-4-7-18(2)12-6-5-11(13(14,15)16)8-10(12)9-17/h5-6,8H,3-4,7,9,17H2,1-2H3. The van der Waals surface area contributed by atoms with E-state index in [1.165, 1.54) is 6.07 Å². The van der Waals surface area contributed by atoms with Crippen LogP contribution in [0.5, 0.6) is 0 Å². The summed E-state index contributed by atoms with van der Waals surface area (Å²) >= 11 is 0. The molecule has 5 heteroatoms. The third kappa shape index (κ3) is 3.63. The van der Waals surface area contributed by atoms with Gasteiger partial charge in [0.1, 0.15) is 0 Å². The fourth-order valence-corrected chi connectivity index (χ4v) is 1.81. The number of rotatable bonds is 5. The van der Waals surface area contributed by atoms with Crippen molar-refractivity contribution in [2.45, 2.75) is 32.5 Å². The fourth-order valence-electron chi connectivity index (χ4n) is 1.81. The highest BCUT2D eigenvalue weighted by molar-refractivity contribution is 5.54. The molecule has 0 unspecified atom stereocenters. The van der Waals surface area contributed by atoms with E-state index in [2.05, 4.69) is 6.92 Å². The van der Waals surface area contributed by atoms with Gasteiger partial charge in [-0.15, -0.1) is 0 Å². The van der Waals surface area contributed by atoms with E-state index < -0.39 is 11.7 Å². The number of hydrogen-bond acceptors (Lipinski definition) is 2. The summed E-state index contributed by atoms with van der Waals surface area (Å²) in [5.74, 6) is 0. The maximum Gasteiger partial charge on any atom is 0.416 e. The number of nitrogens with two attached hydrogens (primary N) is 1. The van der Waals surface area contributed by atoms with E-state index in [9.17, 15) is 13.2 Å². The molecule has 2 nitrogen and oxygen atoms in total. The third-order valence-electron chi connectivity index (χ3n) is 2.89. The SMILES string of the molecule is CCCCN(C)c1ccc(C(F)(F)F)cc1CN. The maximum atomic E-state index is 12.6. The van der Waals surface area contributed by atoms with Gasteiger partial charge in [0, 0.05) is 25.8 Å². The van der Waals surface area contributed by atoms with Crippen LogP contribution in [0.3, 0.4) is 0 Å². The van der Waals surface area contributed by atoms with E-state index in [4.69, 9.17) is 5.73 Å². The van der Waals surface area contributed by atoms with Crippen molar-refractivity contribution in [3.8, 4) is 0 Å². The van der Waals surface area contributed by atoms with Crippen molar-refractivity contribution in [3.63, 3.8) is 0 Å². The Morgan fingerprint density at radius 1 is 1.28 bits per heavy atom. The molecular weight excluding hydrogens is 241 g/mol. The van der Waals surface area contributed by atoms with Crippen LogP contribution in [-0.4, -0.2) is 13.6 Å². The first kappa shape index (κ1) is 14.8. The number of nitrogens with zero attached hydrogens (tertiary/aromatic N) is 1. The number of alkyl halides is 3. The molecule has 1 aromatic rings. The Balaban J connectivity index is 3.00. The van der Waals surface area contributed by atoms with Gasteiger partial charge < -0.3 is 10.6 Å². The highest BCUT2D eigenvalue weighted by Crippen LogP contribution is 2.32. The minimum absolute atomic E-state index is 0.107. The largest absolute Gasteiger partial charge is 0.416 e. The van der Waals surface area contributed by atoms with Gasteiger partial charge in [0.15, 0.2) is 0 Å². The number of anilines is 1. The van der Waals surface area contributed by atoms with E-state index in [0.29, 0.717) is 5.56 Å². The van der Waals surface area contributed by atoms with Crippen molar-refractivity contribution in [2.75, 3.05) is 18.5 Å². The average molecular weight is 260 g/mol. The van der Waals surface area contributed by atoms with Gasteiger partial charge in [0.2, 0.25) is 0 Å². The van der Waals surface area contributed by atoms with Crippen molar-refractivity contribution in [2.24, 2.45) is 5.73 Å². The normalized spacial score (nSPS) is 11.7. The van der Waals surface area contributed by atoms with Crippen molar-refractivity contribution >= 4 is 5.69 Å². The summed E-state index contributed by atoms with van der Waals surface area (Å²) in [7, 11) is 1.87. The number of halogens is 3. The molecule has 0 aliphatic carbocycles. The van der Waals surface area contributed by atoms with E-state index in [-0.39, 0.29) is 6.54 Å². The van der Waals surface area contributed by atoms with Gasteiger partial charge in [-0.1, -0.05) is 13.3 Å². The molecule has 1 rings (SSSR count). The van der Waals surface area contributed by atoms with Crippen molar-refractivity contribution in [1.82, 2.24) is 0 Å². The molecule has 0 spiro atoms. The van der Waals surface area contributed by atoms with Gasteiger partial charge in [-0.2, -0.15) is 13.2 Å². The van der Waals surface area contributed by atoms with Gasteiger partial charge in [-0.3, -0.25) is 0 Å². The van der Waals surface area contributed by atoms with Crippen LogP contribution in [-0.2, 0) is 12.7 Å². The van der Waals surface area contributed by atoms with E-state index in [1.54, 1.807) is 0 Å². The Kier molecular flexibility index (Phi) is 5.02. The summed E-state index contributed by atoms with van der Waals surface area (Å²) in [4.78, 5) is 1.95. The van der Waals surface area contributed by atoms with Crippen LogP contribution in [0.25, 0.3) is 0 Å². The zero-order valence-electron chi connectivity index (χ0n) is 10.7. The summed E-state index contributed by atoms with van der Waals surface area (Å²) in [5.41, 5.74) is 6.20. The molecule has 0 saturated heterocycles. The third-order valence-corrected chi connectivity index (χ3v) is 2.89. The zero-order chi connectivity index (χ0) is 13.8. The second kappa shape index (κ2) is 6.09. The number of unbranched alkanes of at least 4 members (excludes halogenated alkanes) is 1. The predicted octanol–water partition coefficient (Wildman–Crippen LogP) is 3.40. The molecule has 0 aliphatic heterocycles. The Labute approximate surface area is 106 Å². The molecule has 1 aromatic carbocycles.